The average molecular weight is 262 g/mol. The molecule has 2 rings (SSSR count). The van der Waals surface area contributed by atoms with Crippen LogP contribution >= 0.6 is 0 Å². The van der Waals surface area contributed by atoms with E-state index in [1.807, 2.05) is 23.3 Å². The van der Waals surface area contributed by atoms with Gasteiger partial charge in [-0.15, -0.1) is 5.10 Å². The summed E-state index contributed by atoms with van der Waals surface area (Å²) in [6.45, 7) is 9.83. The standard InChI is InChI=1S/C13H22N6/c1-4-18-6-5-15-13(18)10-19-9-12(16-17-19)8-14-7-11(2)3/h5-6,9,11,14H,4,7-8,10H2,1-3H3. The van der Waals surface area contributed by atoms with E-state index in [4.69, 9.17) is 0 Å². The molecule has 0 unspecified atom stereocenters. The Kier molecular flexibility index (Phi) is 4.68. The van der Waals surface area contributed by atoms with Gasteiger partial charge in [-0.25, -0.2) is 9.67 Å². The molecule has 2 heterocycles. The van der Waals surface area contributed by atoms with Gasteiger partial charge in [-0.2, -0.15) is 0 Å². The Hall–Kier alpha value is -1.69. The predicted octanol–water partition coefficient (Wildman–Crippen LogP) is 1.29. The van der Waals surface area contributed by atoms with Crippen LogP contribution in [0, 0.1) is 5.92 Å². The van der Waals surface area contributed by atoms with Crippen molar-refractivity contribution < 1.29 is 0 Å². The lowest BCUT2D eigenvalue weighted by atomic mass is 10.2. The largest absolute Gasteiger partial charge is 0.334 e. The van der Waals surface area contributed by atoms with E-state index in [0.29, 0.717) is 12.5 Å². The molecule has 1 N–H and O–H groups in total. The number of aromatic nitrogens is 5. The smallest absolute Gasteiger partial charge is 0.130 e. The fraction of sp³-hybridized carbons (Fsp3) is 0.615. The molecule has 0 spiro atoms. The summed E-state index contributed by atoms with van der Waals surface area (Å²) in [5.41, 5.74) is 0.968. The maximum atomic E-state index is 4.34. The van der Waals surface area contributed by atoms with Crippen LogP contribution < -0.4 is 5.32 Å². The SMILES string of the molecule is CCn1ccnc1Cn1cc(CNCC(C)C)nn1. The highest BCUT2D eigenvalue weighted by Crippen LogP contribution is 2.01. The van der Waals surface area contributed by atoms with E-state index in [-0.39, 0.29) is 0 Å². The van der Waals surface area contributed by atoms with Crippen molar-refractivity contribution in [2.75, 3.05) is 6.54 Å². The van der Waals surface area contributed by atoms with E-state index in [1.54, 1.807) is 0 Å². The van der Waals surface area contributed by atoms with Crippen LogP contribution in [-0.2, 0) is 19.6 Å². The van der Waals surface area contributed by atoms with Gasteiger partial charge in [-0.1, -0.05) is 19.1 Å². The predicted molar refractivity (Wildman–Crippen MR) is 73.6 cm³/mol. The fourth-order valence-corrected chi connectivity index (χ4v) is 1.91. The van der Waals surface area contributed by atoms with Crippen LogP contribution in [-0.4, -0.2) is 31.1 Å². The van der Waals surface area contributed by atoms with Gasteiger partial charge in [-0.05, 0) is 19.4 Å². The van der Waals surface area contributed by atoms with Crippen LogP contribution in [0.4, 0.5) is 0 Å². The first-order valence-electron chi connectivity index (χ1n) is 6.78. The Bertz CT molecular complexity index is 499. The molecule has 0 amide bonds. The van der Waals surface area contributed by atoms with Crippen LogP contribution in [0.15, 0.2) is 18.6 Å². The van der Waals surface area contributed by atoms with Crippen LogP contribution in [0.1, 0.15) is 32.3 Å². The van der Waals surface area contributed by atoms with Gasteiger partial charge in [0.1, 0.15) is 12.4 Å². The van der Waals surface area contributed by atoms with E-state index in [2.05, 4.69) is 46.0 Å². The van der Waals surface area contributed by atoms with Gasteiger partial charge in [0.25, 0.3) is 0 Å². The van der Waals surface area contributed by atoms with Gasteiger partial charge in [0, 0.05) is 25.5 Å². The number of nitrogens with one attached hydrogen (secondary N) is 1. The van der Waals surface area contributed by atoms with Crippen molar-refractivity contribution >= 4 is 0 Å². The second kappa shape index (κ2) is 6.47. The number of nitrogens with zero attached hydrogens (tertiary/aromatic N) is 5. The number of hydrogen-bond donors (Lipinski definition) is 1. The maximum Gasteiger partial charge on any atom is 0.130 e. The summed E-state index contributed by atoms with van der Waals surface area (Å²) < 4.78 is 3.94. The summed E-state index contributed by atoms with van der Waals surface area (Å²) in [6.07, 6.45) is 5.78. The minimum atomic E-state index is 0.645. The summed E-state index contributed by atoms with van der Waals surface area (Å²) in [5.74, 6) is 1.65. The van der Waals surface area contributed by atoms with Crippen LogP contribution in [0.3, 0.4) is 0 Å². The third-order valence-electron chi connectivity index (χ3n) is 2.89. The summed E-state index contributed by atoms with van der Waals surface area (Å²) in [6, 6.07) is 0. The Morgan fingerprint density at radius 2 is 2.21 bits per heavy atom. The average Bonchev–Trinajstić information content (AvgIpc) is 2.98. The normalized spacial score (nSPS) is 11.4. The number of imidazole rings is 1. The summed E-state index contributed by atoms with van der Waals surface area (Å²) in [4.78, 5) is 4.34. The molecular weight excluding hydrogens is 240 g/mol. The van der Waals surface area contributed by atoms with Gasteiger partial charge in [-0.3, -0.25) is 0 Å². The van der Waals surface area contributed by atoms with Crippen molar-refractivity contribution in [3.05, 3.63) is 30.1 Å². The van der Waals surface area contributed by atoms with E-state index >= 15 is 0 Å². The zero-order chi connectivity index (χ0) is 13.7. The number of hydrogen-bond acceptors (Lipinski definition) is 4. The van der Waals surface area contributed by atoms with Gasteiger partial charge >= 0.3 is 0 Å². The van der Waals surface area contributed by atoms with Gasteiger partial charge in [0.15, 0.2) is 0 Å². The third-order valence-corrected chi connectivity index (χ3v) is 2.89. The molecule has 0 radical (unpaired) electrons. The van der Waals surface area contributed by atoms with Crippen molar-refractivity contribution in [3.63, 3.8) is 0 Å². The number of rotatable bonds is 7. The van der Waals surface area contributed by atoms with E-state index in [9.17, 15) is 0 Å². The van der Waals surface area contributed by atoms with E-state index in [1.165, 1.54) is 0 Å². The first kappa shape index (κ1) is 13.7. The van der Waals surface area contributed by atoms with Crippen molar-refractivity contribution in [1.82, 2.24) is 29.9 Å². The quantitative estimate of drug-likeness (QED) is 0.817. The van der Waals surface area contributed by atoms with Crippen molar-refractivity contribution in [2.45, 2.75) is 40.4 Å². The molecular formula is C13H22N6. The maximum absolute atomic E-state index is 4.34. The van der Waals surface area contributed by atoms with Crippen LogP contribution in [0.5, 0.6) is 0 Å². The molecule has 104 valence electrons. The highest BCUT2D eigenvalue weighted by Gasteiger charge is 2.05. The molecule has 0 saturated carbocycles. The van der Waals surface area contributed by atoms with Gasteiger partial charge < -0.3 is 9.88 Å². The minimum Gasteiger partial charge on any atom is -0.334 e. The zero-order valence-corrected chi connectivity index (χ0v) is 11.9. The van der Waals surface area contributed by atoms with Crippen LogP contribution in [0.25, 0.3) is 0 Å². The Labute approximate surface area is 113 Å². The van der Waals surface area contributed by atoms with E-state index in [0.717, 1.165) is 31.2 Å². The fourth-order valence-electron chi connectivity index (χ4n) is 1.91. The summed E-state index contributed by atoms with van der Waals surface area (Å²) in [7, 11) is 0. The van der Waals surface area contributed by atoms with Crippen LogP contribution in [0.2, 0.25) is 0 Å². The molecule has 2 aromatic heterocycles. The molecule has 0 bridgehead atoms. The molecule has 0 saturated heterocycles. The van der Waals surface area contributed by atoms with Crippen molar-refractivity contribution in [2.24, 2.45) is 5.92 Å². The molecule has 0 aromatic carbocycles. The monoisotopic (exact) mass is 262 g/mol. The van der Waals surface area contributed by atoms with Gasteiger partial charge in [0.05, 0.1) is 11.9 Å². The van der Waals surface area contributed by atoms with Crippen molar-refractivity contribution in [3.8, 4) is 0 Å². The highest BCUT2D eigenvalue weighted by atomic mass is 15.4. The minimum absolute atomic E-state index is 0.645. The zero-order valence-electron chi connectivity index (χ0n) is 11.9. The first-order valence-corrected chi connectivity index (χ1v) is 6.78. The molecule has 6 nitrogen and oxygen atoms in total. The molecule has 0 aliphatic rings. The lowest BCUT2D eigenvalue weighted by Crippen LogP contribution is -2.19. The molecule has 2 aromatic rings. The lowest BCUT2D eigenvalue weighted by molar-refractivity contribution is 0.547. The number of aryl methyl sites for hydroxylation is 1. The van der Waals surface area contributed by atoms with E-state index < -0.39 is 0 Å². The van der Waals surface area contributed by atoms with Crippen molar-refractivity contribution in [1.29, 1.82) is 0 Å². The second-order valence-corrected chi connectivity index (χ2v) is 5.06. The topological polar surface area (TPSA) is 60.6 Å². The Balaban J connectivity index is 1.90. The first-order chi connectivity index (χ1) is 9.19. The Morgan fingerprint density at radius 1 is 1.37 bits per heavy atom. The Morgan fingerprint density at radius 3 is 2.95 bits per heavy atom. The summed E-state index contributed by atoms with van der Waals surface area (Å²) >= 11 is 0. The molecule has 6 heteroatoms. The third kappa shape index (κ3) is 3.89. The van der Waals surface area contributed by atoms with Gasteiger partial charge in [0.2, 0.25) is 0 Å². The lowest BCUT2D eigenvalue weighted by Gasteiger charge is -2.04. The summed E-state index contributed by atoms with van der Waals surface area (Å²) in [5, 5.41) is 11.7. The second-order valence-electron chi connectivity index (χ2n) is 5.06. The molecule has 19 heavy (non-hydrogen) atoms. The molecule has 0 fully saturated rings. The molecule has 0 aliphatic carbocycles. The molecule has 0 atom stereocenters. The highest BCUT2D eigenvalue weighted by molar-refractivity contribution is 4.96. The molecule has 0 aliphatic heterocycles.